The van der Waals surface area contributed by atoms with E-state index in [2.05, 4.69) is 5.32 Å². The molecule has 0 aromatic heterocycles. The molecule has 0 unspecified atom stereocenters. The fraction of sp³-hybridized carbons (Fsp3) is 0.250. The molecule has 0 atom stereocenters. The summed E-state index contributed by atoms with van der Waals surface area (Å²) in [6, 6.07) is 5.40. The van der Waals surface area contributed by atoms with Crippen molar-refractivity contribution in [1.82, 2.24) is 4.90 Å². The highest BCUT2D eigenvalue weighted by Gasteiger charge is 2.32. The van der Waals surface area contributed by atoms with E-state index in [0.29, 0.717) is 10.7 Å². The monoisotopic (exact) mass is 282 g/mol. The third kappa shape index (κ3) is 2.37. The van der Waals surface area contributed by atoms with Gasteiger partial charge < -0.3 is 5.32 Å². The Morgan fingerprint density at radius 2 is 1.94 bits per heavy atom. The maximum Gasteiger partial charge on any atom is 0.236 e. The van der Waals surface area contributed by atoms with Gasteiger partial charge in [0.05, 0.1) is 10.7 Å². The lowest BCUT2D eigenvalue weighted by Crippen LogP contribution is -2.38. The lowest BCUT2D eigenvalue weighted by atomic mass is 10.2. The second kappa shape index (κ2) is 5.04. The summed E-state index contributed by atoms with van der Waals surface area (Å²) in [5.41, 5.74) is 1.51. The largest absolute Gasteiger partial charge is 0.330 e. The minimum Gasteiger partial charge on any atom is -0.330 e. The van der Waals surface area contributed by atoms with Crippen molar-refractivity contribution in [2.75, 3.05) is 5.32 Å². The van der Waals surface area contributed by atoms with Gasteiger partial charge in [-0.05, 0) is 30.8 Å². The number of hydrogen-bond acceptors (Lipinski definition) is 3. The van der Waals surface area contributed by atoms with Crippen LogP contribution in [-0.4, -0.2) is 21.8 Å². The van der Waals surface area contributed by atoms with E-state index in [1.54, 1.807) is 6.07 Å². The standard InChI is InChI=1S/C12H11ClN2O2S/c1-7-3-2-4-8(13)11(7)14-12(18)15-9(16)5-6-10(15)17/h2-4H,5-6H2,1H3,(H,14,18). The highest BCUT2D eigenvalue weighted by atomic mass is 35.5. The number of carbonyl (C=O) groups excluding carboxylic acids is 2. The molecule has 1 heterocycles. The molecule has 1 aromatic carbocycles. The fourth-order valence-electron chi connectivity index (χ4n) is 1.76. The van der Waals surface area contributed by atoms with E-state index in [9.17, 15) is 9.59 Å². The van der Waals surface area contributed by atoms with Crippen LogP contribution in [0.15, 0.2) is 18.2 Å². The van der Waals surface area contributed by atoms with Crippen molar-refractivity contribution in [2.45, 2.75) is 19.8 Å². The summed E-state index contributed by atoms with van der Waals surface area (Å²) >= 11 is 11.1. The molecule has 4 nitrogen and oxygen atoms in total. The number of aryl methyl sites for hydroxylation is 1. The molecule has 2 amide bonds. The van der Waals surface area contributed by atoms with Crippen LogP contribution in [0.4, 0.5) is 5.69 Å². The van der Waals surface area contributed by atoms with Crippen molar-refractivity contribution in [3.8, 4) is 0 Å². The number of carbonyl (C=O) groups is 2. The van der Waals surface area contributed by atoms with Crippen molar-refractivity contribution < 1.29 is 9.59 Å². The molecule has 1 saturated heterocycles. The van der Waals surface area contributed by atoms with E-state index >= 15 is 0 Å². The maximum atomic E-state index is 11.5. The Balaban J connectivity index is 2.22. The molecule has 0 bridgehead atoms. The van der Waals surface area contributed by atoms with Crippen molar-refractivity contribution in [3.63, 3.8) is 0 Å². The molecular formula is C12H11ClN2O2S. The Morgan fingerprint density at radius 1 is 1.33 bits per heavy atom. The molecule has 18 heavy (non-hydrogen) atoms. The average molecular weight is 283 g/mol. The first-order valence-corrected chi connectivity index (χ1v) is 6.21. The topological polar surface area (TPSA) is 49.4 Å². The summed E-state index contributed by atoms with van der Waals surface area (Å²) < 4.78 is 0. The molecule has 2 rings (SSSR count). The molecule has 6 heteroatoms. The summed E-state index contributed by atoms with van der Waals surface area (Å²) in [5, 5.41) is 3.44. The Kier molecular flexibility index (Phi) is 3.63. The summed E-state index contributed by atoms with van der Waals surface area (Å²) in [4.78, 5) is 24.1. The third-order valence-corrected chi connectivity index (χ3v) is 3.31. The molecule has 1 aliphatic heterocycles. The van der Waals surface area contributed by atoms with Gasteiger partial charge in [0.1, 0.15) is 0 Å². The van der Waals surface area contributed by atoms with Crippen LogP contribution >= 0.6 is 23.8 Å². The van der Waals surface area contributed by atoms with Crippen molar-refractivity contribution in [2.24, 2.45) is 0 Å². The lowest BCUT2D eigenvalue weighted by Gasteiger charge is -2.18. The smallest absolute Gasteiger partial charge is 0.236 e. The molecule has 0 saturated carbocycles. The minimum absolute atomic E-state index is 0.0821. The van der Waals surface area contributed by atoms with Gasteiger partial charge in [0.15, 0.2) is 5.11 Å². The van der Waals surface area contributed by atoms with Gasteiger partial charge in [-0.1, -0.05) is 23.7 Å². The molecule has 1 N–H and O–H groups in total. The number of anilines is 1. The number of halogens is 1. The predicted molar refractivity (Wildman–Crippen MR) is 73.5 cm³/mol. The first-order valence-electron chi connectivity index (χ1n) is 5.42. The quantitative estimate of drug-likeness (QED) is 0.635. The van der Waals surface area contributed by atoms with E-state index in [1.165, 1.54) is 0 Å². The van der Waals surface area contributed by atoms with E-state index in [1.807, 2.05) is 19.1 Å². The zero-order valence-electron chi connectivity index (χ0n) is 9.70. The Labute approximate surface area is 115 Å². The summed E-state index contributed by atoms with van der Waals surface area (Å²) in [6.45, 7) is 1.87. The Bertz CT molecular complexity index is 509. The molecule has 0 aliphatic carbocycles. The fourth-order valence-corrected chi connectivity index (χ4v) is 2.33. The lowest BCUT2D eigenvalue weighted by molar-refractivity contribution is -0.133. The van der Waals surface area contributed by atoms with E-state index in [4.69, 9.17) is 23.8 Å². The zero-order chi connectivity index (χ0) is 13.3. The van der Waals surface area contributed by atoms with Crippen LogP contribution in [-0.2, 0) is 9.59 Å². The van der Waals surface area contributed by atoms with Crippen LogP contribution in [0, 0.1) is 6.92 Å². The number of nitrogens with one attached hydrogen (secondary N) is 1. The van der Waals surface area contributed by atoms with Crippen LogP contribution < -0.4 is 5.32 Å². The minimum atomic E-state index is -0.276. The number of para-hydroxylation sites is 1. The van der Waals surface area contributed by atoms with Gasteiger partial charge in [-0.25, -0.2) is 4.90 Å². The van der Waals surface area contributed by atoms with Crippen LogP contribution in [0.1, 0.15) is 18.4 Å². The van der Waals surface area contributed by atoms with Crippen molar-refractivity contribution in [1.29, 1.82) is 0 Å². The van der Waals surface area contributed by atoms with Gasteiger partial charge in [-0.2, -0.15) is 0 Å². The van der Waals surface area contributed by atoms with E-state index < -0.39 is 0 Å². The molecule has 1 aromatic rings. The molecule has 94 valence electrons. The number of hydrogen-bond donors (Lipinski definition) is 1. The highest BCUT2D eigenvalue weighted by Crippen LogP contribution is 2.26. The Morgan fingerprint density at radius 3 is 2.50 bits per heavy atom. The van der Waals surface area contributed by atoms with Crippen LogP contribution in [0.25, 0.3) is 0 Å². The summed E-state index contributed by atoms with van der Waals surface area (Å²) in [7, 11) is 0. The molecule has 1 fully saturated rings. The number of benzene rings is 1. The normalized spacial score (nSPS) is 15.1. The van der Waals surface area contributed by atoms with Gasteiger partial charge in [0, 0.05) is 12.8 Å². The summed E-state index contributed by atoms with van der Waals surface area (Å²) in [6.07, 6.45) is 0.421. The number of likely N-dealkylation sites (tertiary alicyclic amines) is 1. The van der Waals surface area contributed by atoms with Gasteiger partial charge >= 0.3 is 0 Å². The van der Waals surface area contributed by atoms with Crippen molar-refractivity contribution >= 4 is 46.4 Å². The summed E-state index contributed by atoms with van der Waals surface area (Å²) in [5.74, 6) is -0.551. The first kappa shape index (κ1) is 13.0. The van der Waals surface area contributed by atoms with Crippen LogP contribution in [0.5, 0.6) is 0 Å². The van der Waals surface area contributed by atoms with Crippen LogP contribution in [0.3, 0.4) is 0 Å². The number of thiocarbonyl (C=S) groups is 1. The SMILES string of the molecule is Cc1cccc(Cl)c1NC(=S)N1C(=O)CCC1=O. The number of rotatable bonds is 1. The number of imide groups is 1. The molecular weight excluding hydrogens is 272 g/mol. The van der Waals surface area contributed by atoms with Crippen molar-refractivity contribution in [3.05, 3.63) is 28.8 Å². The maximum absolute atomic E-state index is 11.5. The van der Waals surface area contributed by atoms with E-state index in [0.717, 1.165) is 10.5 Å². The number of nitrogens with zero attached hydrogens (tertiary/aromatic N) is 1. The average Bonchev–Trinajstić information content (AvgIpc) is 2.64. The second-order valence-electron chi connectivity index (χ2n) is 3.98. The van der Waals surface area contributed by atoms with Gasteiger partial charge in [0.2, 0.25) is 11.8 Å². The Hall–Kier alpha value is -1.46. The van der Waals surface area contributed by atoms with Gasteiger partial charge in [0.25, 0.3) is 0 Å². The second-order valence-corrected chi connectivity index (χ2v) is 4.78. The predicted octanol–water partition coefficient (Wildman–Crippen LogP) is 2.49. The molecule has 0 radical (unpaired) electrons. The van der Waals surface area contributed by atoms with Crippen LogP contribution in [0.2, 0.25) is 5.02 Å². The van der Waals surface area contributed by atoms with Gasteiger partial charge in [-0.15, -0.1) is 0 Å². The molecule has 1 aliphatic rings. The highest BCUT2D eigenvalue weighted by molar-refractivity contribution is 7.80. The van der Waals surface area contributed by atoms with E-state index in [-0.39, 0.29) is 29.8 Å². The first-order chi connectivity index (χ1) is 8.50. The number of amides is 2. The van der Waals surface area contributed by atoms with Gasteiger partial charge in [-0.3, -0.25) is 9.59 Å². The zero-order valence-corrected chi connectivity index (χ0v) is 11.3. The molecule has 0 spiro atoms. The third-order valence-electron chi connectivity index (χ3n) is 2.71.